The Morgan fingerprint density at radius 2 is 1.70 bits per heavy atom. The predicted molar refractivity (Wildman–Crippen MR) is 84.2 cm³/mol. The molecule has 0 aromatic heterocycles. The second-order valence-electron chi connectivity index (χ2n) is 6.23. The lowest BCUT2D eigenvalue weighted by atomic mass is 10.1. The van der Waals surface area contributed by atoms with Crippen LogP contribution in [0.2, 0.25) is 0 Å². The lowest BCUT2D eigenvalue weighted by Gasteiger charge is -2.22. The maximum Gasteiger partial charge on any atom is 0.338 e. The van der Waals surface area contributed by atoms with Crippen molar-refractivity contribution < 1.29 is 9.53 Å². The lowest BCUT2D eigenvalue weighted by molar-refractivity contribution is 0.0433. The molecule has 20 heavy (non-hydrogen) atoms. The zero-order valence-electron chi connectivity index (χ0n) is 13.3. The summed E-state index contributed by atoms with van der Waals surface area (Å²) in [6.07, 6.45) is 2.08. The number of ether oxygens (including phenoxy) is 1. The second kappa shape index (κ2) is 7.32. The average Bonchev–Trinajstić information content (AvgIpc) is 2.38. The van der Waals surface area contributed by atoms with Crippen LogP contribution in [0.4, 0.5) is 5.69 Å². The summed E-state index contributed by atoms with van der Waals surface area (Å²) in [6, 6.07) is 7.45. The van der Waals surface area contributed by atoms with Gasteiger partial charge in [-0.15, -0.1) is 0 Å². The van der Waals surface area contributed by atoms with E-state index in [-0.39, 0.29) is 11.5 Å². The molecule has 0 saturated heterocycles. The normalized spacial score (nSPS) is 11.5. The number of carbonyl (C=O) groups excluding carboxylic acids is 1. The molecule has 0 saturated carbocycles. The highest BCUT2D eigenvalue weighted by molar-refractivity contribution is 5.89. The van der Waals surface area contributed by atoms with E-state index < -0.39 is 0 Å². The highest BCUT2D eigenvalue weighted by Crippen LogP contribution is 2.16. The molecule has 1 N–H and O–H groups in total. The summed E-state index contributed by atoms with van der Waals surface area (Å²) in [7, 11) is 0. The van der Waals surface area contributed by atoms with Gasteiger partial charge >= 0.3 is 5.97 Å². The smallest absolute Gasteiger partial charge is 0.338 e. The van der Waals surface area contributed by atoms with Gasteiger partial charge in [-0.25, -0.2) is 4.79 Å². The van der Waals surface area contributed by atoms with E-state index in [9.17, 15) is 4.79 Å². The number of hydrogen-bond donors (Lipinski definition) is 1. The molecule has 0 aliphatic rings. The molecule has 0 aliphatic heterocycles. The molecule has 1 aromatic rings. The maximum atomic E-state index is 11.9. The van der Waals surface area contributed by atoms with E-state index >= 15 is 0 Å². The van der Waals surface area contributed by atoms with E-state index in [4.69, 9.17) is 4.74 Å². The molecular formula is C17H27NO2. The van der Waals surface area contributed by atoms with Crippen LogP contribution >= 0.6 is 0 Å². The van der Waals surface area contributed by atoms with E-state index in [0.717, 1.165) is 18.5 Å². The molecule has 1 aromatic carbocycles. The summed E-state index contributed by atoms with van der Waals surface area (Å²) in [5, 5.41) is 3.36. The molecule has 0 radical (unpaired) electrons. The Balaban J connectivity index is 2.57. The molecule has 0 aliphatic carbocycles. The van der Waals surface area contributed by atoms with Gasteiger partial charge in [0.2, 0.25) is 0 Å². The topological polar surface area (TPSA) is 38.3 Å². The highest BCUT2D eigenvalue weighted by atomic mass is 16.5. The molecule has 3 nitrogen and oxygen atoms in total. The minimum atomic E-state index is -0.237. The summed E-state index contributed by atoms with van der Waals surface area (Å²) < 4.78 is 5.35. The van der Waals surface area contributed by atoms with Gasteiger partial charge in [0.15, 0.2) is 0 Å². The fourth-order valence-electron chi connectivity index (χ4n) is 1.92. The van der Waals surface area contributed by atoms with E-state index in [0.29, 0.717) is 18.1 Å². The standard InChI is InChI=1S/C17H27NO2/c1-6-13(7-2)12-20-16(19)14-8-10-15(11-9-14)18-17(3,4)5/h8-11,13,18H,6-7,12H2,1-5H3. The van der Waals surface area contributed by atoms with Gasteiger partial charge in [-0.3, -0.25) is 0 Å². The third-order valence-electron chi connectivity index (χ3n) is 3.24. The fourth-order valence-corrected chi connectivity index (χ4v) is 1.92. The first-order valence-electron chi connectivity index (χ1n) is 7.41. The molecule has 0 fully saturated rings. The average molecular weight is 277 g/mol. The first-order valence-corrected chi connectivity index (χ1v) is 7.41. The zero-order chi connectivity index (χ0) is 15.2. The van der Waals surface area contributed by atoms with Gasteiger partial charge in [-0.05, 0) is 51.0 Å². The highest BCUT2D eigenvalue weighted by Gasteiger charge is 2.12. The number of rotatable bonds is 6. The van der Waals surface area contributed by atoms with Gasteiger partial charge < -0.3 is 10.1 Å². The Hall–Kier alpha value is -1.51. The monoisotopic (exact) mass is 277 g/mol. The van der Waals surface area contributed by atoms with Gasteiger partial charge in [0.1, 0.15) is 0 Å². The minimum Gasteiger partial charge on any atom is -0.462 e. The molecule has 0 atom stereocenters. The van der Waals surface area contributed by atoms with Crippen molar-refractivity contribution in [3.8, 4) is 0 Å². The Morgan fingerprint density at radius 3 is 2.15 bits per heavy atom. The number of benzene rings is 1. The summed E-state index contributed by atoms with van der Waals surface area (Å²) in [5.74, 6) is 0.222. The van der Waals surface area contributed by atoms with Gasteiger partial charge in [0.25, 0.3) is 0 Å². The van der Waals surface area contributed by atoms with Crippen LogP contribution in [-0.4, -0.2) is 18.1 Å². The first-order chi connectivity index (χ1) is 9.35. The summed E-state index contributed by atoms with van der Waals surface area (Å²) in [6.45, 7) is 11.1. The fraction of sp³-hybridized carbons (Fsp3) is 0.588. The van der Waals surface area contributed by atoms with Gasteiger partial charge in [0.05, 0.1) is 12.2 Å². The van der Waals surface area contributed by atoms with Crippen molar-refractivity contribution in [2.24, 2.45) is 5.92 Å². The van der Waals surface area contributed by atoms with E-state index in [1.807, 2.05) is 24.3 Å². The van der Waals surface area contributed by atoms with Crippen LogP contribution in [0.1, 0.15) is 57.8 Å². The molecule has 0 heterocycles. The largest absolute Gasteiger partial charge is 0.462 e. The number of carbonyl (C=O) groups is 1. The zero-order valence-corrected chi connectivity index (χ0v) is 13.3. The van der Waals surface area contributed by atoms with E-state index in [2.05, 4.69) is 39.9 Å². The minimum absolute atomic E-state index is 0.0114. The predicted octanol–water partition coefficient (Wildman–Crippen LogP) is 4.49. The van der Waals surface area contributed by atoms with Crippen LogP contribution in [0, 0.1) is 5.92 Å². The lowest BCUT2D eigenvalue weighted by Crippen LogP contribution is -2.25. The van der Waals surface area contributed by atoms with E-state index in [1.165, 1.54) is 0 Å². The van der Waals surface area contributed by atoms with Crippen LogP contribution in [0.25, 0.3) is 0 Å². The van der Waals surface area contributed by atoms with Gasteiger partial charge in [0, 0.05) is 11.2 Å². The summed E-state index contributed by atoms with van der Waals surface area (Å²) in [5.41, 5.74) is 1.63. The van der Waals surface area contributed by atoms with Crippen molar-refractivity contribution in [2.75, 3.05) is 11.9 Å². The number of hydrogen-bond acceptors (Lipinski definition) is 3. The molecule has 3 heteroatoms. The molecular weight excluding hydrogens is 250 g/mol. The van der Waals surface area contributed by atoms with Crippen molar-refractivity contribution in [1.82, 2.24) is 0 Å². The molecule has 0 spiro atoms. The van der Waals surface area contributed by atoms with Crippen molar-refractivity contribution in [3.63, 3.8) is 0 Å². The van der Waals surface area contributed by atoms with Crippen molar-refractivity contribution in [3.05, 3.63) is 29.8 Å². The summed E-state index contributed by atoms with van der Waals surface area (Å²) in [4.78, 5) is 11.9. The van der Waals surface area contributed by atoms with Crippen molar-refractivity contribution >= 4 is 11.7 Å². The summed E-state index contributed by atoms with van der Waals surface area (Å²) >= 11 is 0. The van der Waals surface area contributed by atoms with Crippen molar-refractivity contribution in [2.45, 2.75) is 53.0 Å². The van der Waals surface area contributed by atoms with Gasteiger partial charge in [-0.2, -0.15) is 0 Å². The van der Waals surface area contributed by atoms with Gasteiger partial charge in [-0.1, -0.05) is 26.7 Å². The maximum absolute atomic E-state index is 11.9. The molecule has 112 valence electrons. The molecule has 0 bridgehead atoms. The molecule has 1 rings (SSSR count). The quantitative estimate of drug-likeness (QED) is 0.779. The third kappa shape index (κ3) is 5.64. The van der Waals surface area contributed by atoms with Crippen LogP contribution in [0.5, 0.6) is 0 Å². The Morgan fingerprint density at radius 1 is 1.15 bits per heavy atom. The van der Waals surface area contributed by atoms with Crippen molar-refractivity contribution in [1.29, 1.82) is 0 Å². The second-order valence-corrected chi connectivity index (χ2v) is 6.23. The SMILES string of the molecule is CCC(CC)COC(=O)c1ccc(NC(C)(C)C)cc1. The van der Waals surface area contributed by atoms with Crippen LogP contribution in [-0.2, 0) is 4.74 Å². The Labute approximate surface area is 122 Å². The third-order valence-corrected chi connectivity index (χ3v) is 3.24. The van der Waals surface area contributed by atoms with E-state index in [1.54, 1.807) is 0 Å². The molecule has 0 amide bonds. The first kappa shape index (κ1) is 16.5. The number of anilines is 1. The van der Waals surface area contributed by atoms with Crippen LogP contribution in [0.15, 0.2) is 24.3 Å². The van der Waals surface area contributed by atoms with Crippen LogP contribution < -0.4 is 5.32 Å². The Bertz CT molecular complexity index is 414. The number of esters is 1. The number of nitrogens with one attached hydrogen (secondary N) is 1. The molecule has 0 unspecified atom stereocenters. The van der Waals surface area contributed by atoms with Crippen LogP contribution in [0.3, 0.4) is 0 Å². The Kier molecular flexibility index (Phi) is 6.05.